The maximum absolute atomic E-state index is 11.8. The third-order valence-electron chi connectivity index (χ3n) is 4.53. The minimum atomic E-state index is -1.17. The summed E-state index contributed by atoms with van der Waals surface area (Å²) in [6.07, 6.45) is 0. The van der Waals surface area contributed by atoms with Gasteiger partial charge in [0.1, 0.15) is 5.60 Å². The number of hydrogen-bond acceptors (Lipinski definition) is 1. The van der Waals surface area contributed by atoms with E-state index in [1.807, 2.05) is 78.9 Å². The van der Waals surface area contributed by atoms with E-state index < -0.39 is 5.60 Å². The molecule has 0 aromatic heterocycles. The summed E-state index contributed by atoms with van der Waals surface area (Å²) in [4.78, 5) is 0. The second kappa shape index (κ2) is 5.95. The first-order valence-electron chi connectivity index (χ1n) is 8.11. The van der Waals surface area contributed by atoms with Crippen molar-refractivity contribution in [1.29, 1.82) is 0 Å². The lowest BCUT2D eigenvalue weighted by atomic mass is 9.81. The molecule has 1 nitrogen and oxygen atoms in total. The molecule has 0 spiro atoms. The molecule has 0 amide bonds. The van der Waals surface area contributed by atoms with Crippen LogP contribution in [0.5, 0.6) is 0 Å². The van der Waals surface area contributed by atoms with Crippen LogP contribution in [0.4, 0.5) is 0 Å². The maximum atomic E-state index is 11.8. The van der Waals surface area contributed by atoms with Gasteiger partial charge >= 0.3 is 0 Å². The molecule has 1 heteroatoms. The molecule has 24 heavy (non-hydrogen) atoms. The minimum absolute atomic E-state index is 0.871. The van der Waals surface area contributed by atoms with E-state index in [9.17, 15) is 5.11 Å². The first-order chi connectivity index (χ1) is 11.8. The summed E-state index contributed by atoms with van der Waals surface area (Å²) in [6.45, 7) is 0. The van der Waals surface area contributed by atoms with Crippen molar-refractivity contribution in [3.63, 3.8) is 0 Å². The van der Waals surface area contributed by atoms with Gasteiger partial charge < -0.3 is 5.11 Å². The smallest absolute Gasteiger partial charge is 0.140 e. The highest BCUT2D eigenvalue weighted by atomic mass is 16.3. The Morgan fingerprint density at radius 2 is 0.833 bits per heavy atom. The van der Waals surface area contributed by atoms with Crippen molar-refractivity contribution >= 4 is 0 Å². The van der Waals surface area contributed by atoms with Crippen LogP contribution in [0.2, 0.25) is 0 Å². The number of aliphatic hydroxyl groups is 1. The van der Waals surface area contributed by atoms with E-state index in [-0.39, 0.29) is 0 Å². The molecular formula is C23H18O. The van der Waals surface area contributed by atoms with E-state index in [1.165, 1.54) is 0 Å². The second-order valence-corrected chi connectivity index (χ2v) is 6.01. The zero-order chi connectivity index (χ0) is 16.4. The van der Waals surface area contributed by atoms with Crippen molar-refractivity contribution in [3.05, 3.63) is 120 Å². The van der Waals surface area contributed by atoms with Crippen LogP contribution >= 0.6 is 0 Å². The molecule has 0 fully saturated rings. The molecule has 0 radical (unpaired) electrons. The van der Waals surface area contributed by atoms with E-state index >= 15 is 0 Å². The Bertz CT molecular complexity index is 842. The summed E-state index contributed by atoms with van der Waals surface area (Å²) in [6, 6.07) is 34.1. The van der Waals surface area contributed by atoms with Gasteiger partial charge in [0.05, 0.1) is 0 Å². The monoisotopic (exact) mass is 310 g/mol. The highest BCUT2D eigenvalue weighted by molar-refractivity contribution is 5.70. The molecule has 0 atom stereocenters. The predicted molar refractivity (Wildman–Crippen MR) is 98.0 cm³/mol. The molecule has 0 saturated carbocycles. The van der Waals surface area contributed by atoms with E-state index in [4.69, 9.17) is 0 Å². The lowest BCUT2D eigenvalue weighted by molar-refractivity contribution is 0.126. The quantitative estimate of drug-likeness (QED) is 0.560. The van der Waals surface area contributed by atoms with Gasteiger partial charge in [-0.1, -0.05) is 91.0 Å². The van der Waals surface area contributed by atoms with Crippen molar-refractivity contribution in [2.24, 2.45) is 0 Å². The van der Waals surface area contributed by atoms with Gasteiger partial charge in [-0.3, -0.25) is 0 Å². The topological polar surface area (TPSA) is 20.2 Å². The molecule has 2 aromatic rings. The molecule has 1 N–H and O–H groups in total. The Morgan fingerprint density at radius 1 is 0.458 bits per heavy atom. The lowest BCUT2D eigenvalue weighted by Crippen LogP contribution is -2.28. The molecule has 116 valence electrons. The standard InChI is InChI=1S/C23H18O/c24-23(20-12-6-2-7-13-20,21-14-8-3-9-15-21)22-16-18-10-4-1-5-11-19(18)17-22/h1-17,24H. The zero-order valence-electron chi connectivity index (χ0n) is 13.3. The molecule has 0 saturated heterocycles. The molecule has 0 bridgehead atoms. The van der Waals surface area contributed by atoms with Gasteiger partial charge in [0, 0.05) is 0 Å². The number of rotatable bonds is 3. The van der Waals surface area contributed by atoms with Crippen molar-refractivity contribution in [2.75, 3.05) is 0 Å². The van der Waals surface area contributed by atoms with Gasteiger partial charge in [-0.25, -0.2) is 0 Å². The molecular weight excluding hydrogens is 292 g/mol. The molecule has 4 rings (SSSR count). The van der Waals surface area contributed by atoms with Gasteiger partial charge in [0.2, 0.25) is 0 Å². The van der Waals surface area contributed by atoms with E-state index in [1.54, 1.807) is 0 Å². The Hall–Kier alpha value is -2.90. The van der Waals surface area contributed by atoms with Crippen LogP contribution in [0.1, 0.15) is 16.7 Å². The molecule has 0 heterocycles. The average molecular weight is 310 g/mol. The number of benzene rings is 2. The normalized spacial score (nSPS) is 11.5. The lowest BCUT2D eigenvalue weighted by Gasteiger charge is -2.29. The first kappa shape index (κ1) is 14.7. The van der Waals surface area contributed by atoms with Crippen molar-refractivity contribution in [2.45, 2.75) is 5.60 Å². The SMILES string of the molecule is OC(c1ccccc1)(c1ccccc1)c1cc2cccccc-2c1. The van der Waals surface area contributed by atoms with Gasteiger partial charge in [0.15, 0.2) is 0 Å². The van der Waals surface area contributed by atoms with Gasteiger partial charge in [-0.2, -0.15) is 0 Å². The Labute approximate surface area is 142 Å². The fraction of sp³-hybridized carbons (Fsp3) is 0.0435. The third kappa shape index (κ3) is 2.40. The highest BCUT2D eigenvalue weighted by Crippen LogP contribution is 2.40. The van der Waals surface area contributed by atoms with Gasteiger partial charge in [-0.15, -0.1) is 0 Å². The van der Waals surface area contributed by atoms with Gasteiger partial charge in [0.25, 0.3) is 0 Å². The predicted octanol–water partition coefficient (Wildman–Crippen LogP) is 5.08. The molecule has 2 aliphatic rings. The summed E-state index contributed by atoms with van der Waals surface area (Å²) in [5, 5.41) is 11.8. The summed E-state index contributed by atoms with van der Waals surface area (Å²) in [5.41, 5.74) is 3.72. The van der Waals surface area contributed by atoms with Crippen molar-refractivity contribution < 1.29 is 5.11 Å². The van der Waals surface area contributed by atoms with Crippen molar-refractivity contribution in [1.82, 2.24) is 0 Å². The van der Waals surface area contributed by atoms with Crippen LogP contribution in [0.3, 0.4) is 0 Å². The average Bonchev–Trinajstić information content (AvgIpc) is 2.94. The maximum Gasteiger partial charge on any atom is 0.140 e. The molecule has 2 aliphatic carbocycles. The van der Waals surface area contributed by atoms with Crippen LogP contribution in [-0.2, 0) is 5.60 Å². The summed E-state index contributed by atoms with van der Waals surface area (Å²) in [5.74, 6) is 0. The molecule has 2 aromatic carbocycles. The van der Waals surface area contributed by atoms with E-state index in [0.717, 1.165) is 27.8 Å². The van der Waals surface area contributed by atoms with E-state index in [2.05, 4.69) is 24.3 Å². The molecule has 0 aliphatic heterocycles. The number of fused-ring (bicyclic) bond motifs is 1. The molecule has 0 unspecified atom stereocenters. The third-order valence-corrected chi connectivity index (χ3v) is 4.53. The zero-order valence-corrected chi connectivity index (χ0v) is 13.3. The highest BCUT2D eigenvalue weighted by Gasteiger charge is 2.34. The first-order valence-corrected chi connectivity index (χ1v) is 8.11. The summed E-state index contributed by atoms with van der Waals surface area (Å²) >= 11 is 0. The van der Waals surface area contributed by atoms with Crippen LogP contribution in [0, 0.1) is 0 Å². The minimum Gasteiger partial charge on any atom is -0.376 e. The van der Waals surface area contributed by atoms with Crippen molar-refractivity contribution in [3.8, 4) is 11.1 Å². The Balaban J connectivity index is 1.98. The summed E-state index contributed by atoms with van der Waals surface area (Å²) < 4.78 is 0. The van der Waals surface area contributed by atoms with Crippen LogP contribution in [0.25, 0.3) is 11.1 Å². The van der Waals surface area contributed by atoms with Crippen LogP contribution < -0.4 is 0 Å². The van der Waals surface area contributed by atoms with Crippen LogP contribution in [0.15, 0.2) is 103 Å². The fourth-order valence-electron chi connectivity index (χ4n) is 3.28. The Kier molecular flexibility index (Phi) is 3.64. The van der Waals surface area contributed by atoms with Crippen LogP contribution in [-0.4, -0.2) is 5.11 Å². The van der Waals surface area contributed by atoms with Gasteiger partial charge in [-0.05, 0) is 39.9 Å². The fourth-order valence-corrected chi connectivity index (χ4v) is 3.28. The second-order valence-electron chi connectivity index (χ2n) is 6.01. The summed E-state index contributed by atoms with van der Waals surface area (Å²) in [7, 11) is 0. The van der Waals surface area contributed by atoms with E-state index in [0.29, 0.717) is 0 Å². The number of hydrogen-bond donors (Lipinski definition) is 1. The Morgan fingerprint density at radius 3 is 1.25 bits per heavy atom. The largest absolute Gasteiger partial charge is 0.376 e.